The molecule has 0 bridgehead atoms. The Bertz CT molecular complexity index is 1150. The highest BCUT2D eigenvalue weighted by atomic mass is 16.4. The highest BCUT2D eigenvalue weighted by molar-refractivity contribution is 5.95. The van der Waals surface area contributed by atoms with Gasteiger partial charge in [-0.15, -0.1) is 0 Å². The molecule has 4 amide bonds. The van der Waals surface area contributed by atoms with Crippen molar-refractivity contribution >= 4 is 40.5 Å². The summed E-state index contributed by atoms with van der Waals surface area (Å²) in [7, 11) is 0. The summed E-state index contributed by atoms with van der Waals surface area (Å²) in [6, 6.07) is 2.36. The smallest absolute Gasteiger partial charge is 0.325 e. The molecule has 1 aromatic carbocycles. The van der Waals surface area contributed by atoms with Gasteiger partial charge in [-0.3, -0.25) is 24.0 Å². The normalized spacial score (nSPS) is 15.2. The predicted octanol–water partition coefficient (Wildman–Crippen LogP) is -0.223. The minimum Gasteiger partial charge on any atom is -0.480 e. The number of aliphatic carboxylic acids is 1. The van der Waals surface area contributed by atoms with Crippen LogP contribution in [0.5, 0.6) is 0 Å². The summed E-state index contributed by atoms with van der Waals surface area (Å²) >= 11 is 0. The lowest BCUT2D eigenvalue weighted by Gasteiger charge is -2.24. The highest BCUT2D eigenvalue weighted by Crippen LogP contribution is 2.19. The summed E-state index contributed by atoms with van der Waals surface area (Å²) in [5.41, 5.74) is 7.46. The van der Waals surface area contributed by atoms with Gasteiger partial charge in [0.2, 0.25) is 23.6 Å². The summed E-state index contributed by atoms with van der Waals surface area (Å²) < 4.78 is 0. The van der Waals surface area contributed by atoms with Crippen LogP contribution in [0.3, 0.4) is 0 Å². The first kappa shape index (κ1) is 29.3. The minimum absolute atomic E-state index is 0.0909. The van der Waals surface area contributed by atoms with Crippen molar-refractivity contribution in [3.8, 4) is 0 Å². The van der Waals surface area contributed by atoms with Gasteiger partial charge in [-0.05, 0) is 38.3 Å². The van der Waals surface area contributed by atoms with Crippen LogP contribution in [-0.2, 0) is 30.4 Å². The molecular formula is C25H36N6O6. The summed E-state index contributed by atoms with van der Waals surface area (Å²) in [6.45, 7) is 7.75. The van der Waals surface area contributed by atoms with Crippen LogP contribution in [0, 0.1) is 5.92 Å². The third-order valence-electron chi connectivity index (χ3n) is 5.99. The molecule has 0 radical (unpaired) electrons. The number of aromatic nitrogens is 1. The Labute approximate surface area is 215 Å². The van der Waals surface area contributed by atoms with Crippen molar-refractivity contribution in [2.24, 2.45) is 11.7 Å². The number of fused-ring (bicyclic) bond motifs is 1. The van der Waals surface area contributed by atoms with E-state index in [4.69, 9.17) is 10.8 Å². The van der Waals surface area contributed by atoms with E-state index in [1.165, 1.54) is 20.8 Å². The van der Waals surface area contributed by atoms with Crippen molar-refractivity contribution in [1.82, 2.24) is 26.3 Å². The SMILES string of the molecule is CC(C)[C@H](N)C(=O)N[C@@H](C)C(=O)N[C@@H](Cc1c[nH]c2ccccc12)C(=O)N[C@@H](C)C(=O)N[C@@H](C)C(=O)O. The fraction of sp³-hybridized carbons (Fsp3) is 0.480. The van der Waals surface area contributed by atoms with Gasteiger partial charge in [0.1, 0.15) is 24.2 Å². The van der Waals surface area contributed by atoms with E-state index in [-0.39, 0.29) is 12.3 Å². The van der Waals surface area contributed by atoms with Gasteiger partial charge in [-0.1, -0.05) is 32.0 Å². The monoisotopic (exact) mass is 516 g/mol. The average Bonchev–Trinajstić information content (AvgIpc) is 3.25. The van der Waals surface area contributed by atoms with E-state index in [1.54, 1.807) is 20.0 Å². The van der Waals surface area contributed by atoms with Crippen LogP contribution < -0.4 is 27.0 Å². The van der Waals surface area contributed by atoms with Crippen LogP contribution in [0.15, 0.2) is 30.5 Å². The Hall–Kier alpha value is -3.93. The van der Waals surface area contributed by atoms with Gasteiger partial charge in [0.05, 0.1) is 6.04 Å². The number of amides is 4. The van der Waals surface area contributed by atoms with Gasteiger partial charge in [0.15, 0.2) is 0 Å². The Morgan fingerprint density at radius 2 is 1.35 bits per heavy atom. The summed E-state index contributed by atoms with van der Waals surface area (Å²) in [5.74, 6) is -3.80. The van der Waals surface area contributed by atoms with E-state index in [0.717, 1.165) is 16.5 Å². The highest BCUT2D eigenvalue weighted by Gasteiger charge is 2.29. The van der Waals surface area contributed by atoms with Crippen molar-refractivity contribution in [2.75, 3.05) is 0 Å². The number of hydrogen-bond donors (Lipinski definition) is 7. The lowest BCUT2D eigenvalue weighted by molar-refractivity contribution is -0.141. The topological polar surface area (TPSA) is 196 Å². The molecule has 37 heavy (non-hydrogen) atoms. The third kappa shape index (κ3) is 8.04. The van der Waals surface area contributed by atoms with Gasteiger partial charge in [-0.2, -0.15) is 0 Å². The van der Waals surface area contributed by atoms with Gasteiger partial charge in [0, 0.05) is 23.5 Å². The molecule has 12 heteroatoms. The van der Waals surface area contributed by atoms with Crippen LogP contribution in [0.25, 0.3) is 10.9 Å². The van der Waals surface area contributed by atoms with Crippen molar-refractivity contribution < 1.29 is 29.1 Å². The van der Waals surface area contributed by atoms with Gasteiger partial charge < -0.3 is 37.1 Å². The molecule has 0 saturated carbocycles. The second-order valence-electron chi connectivity index (χ2n) is 9.42. The number of carboxylic acid groups (broad SMARTS) is 1. The number of para-hydroxylation sites is 1. The number of carboxylic acids is 1. The number of hydrogen-bond acceptors (Lipinski definition) is 6. The van der Waals surface area contributed by atoms with Crippen LogP contribution in [0.2, 0.25) is 0 Å². The fourth-order valence-electron chi connectivity index (χ4n) is 3.48. The minimum atomic E-state index is -1.22. The van der Waals surface area contributed by atoms with Crippen molar-refractivity contribution in [3.05, 3.63) is 36.0 Å². The molecular weight excluding hydrogens is 480 g/mol. The average molecular weight is 517 g/mol. The molecule has 2 aromatic rings. The van der Waals surface area contributed by atoms with Crippen molar-refractivity contribution in [2.45, 2.75) is 71.2 Å². The van der Waals surface area contributed by atoms with Crippen molar-refractivity contribution in [3.63, 3.8) is 0 Å². The molecule has 12 nitrogen and oxygen atoms in total. The standard InChI is InChI=1S/C25H36N6O6/c1-12(2)20(26)24(35)29-14(4)22(33)31-19(10-16-11-27-18-9-7-6-8-17(16)18)23(34)28-13(3)21(32)30-15(5)25(36)37/h6-9,11-15,19-20,27H,10,26H2,1-5H3,(H,28,34)(H,29,35)(H,30,32)(H,31,33)(H,36,37)/t13-,14-,15-,19-,20-/m0/s1. The second-order valence-corrected chi connectivity index (χ2v) is 9.42. The lowest BCUT2D eigenvalue weighted by Crippen LogP contribution is -2.58. The zero-order chi connectivity index (χ0) is 27.9. The van der Waals surface area contributed by atoms with Gasteiger partial charge in [-0.25, -0.2) is 0 Å². The fourth-order valence-corrected chi connectivity index (χ4v) is 3.48. The molecule has 0 fully saturated rings. The number of carbonyl (C=O) groups excluding carboxylic acids is 4. The first-order chi connectivity index (χ1) is 17.3. The molecule has 8 N–H and O–H groups in total. The molecule has 0 aliphatic carbocycles. The molecule has 202 valence electrons. The Balaban J connectivity index is 2.19. The van der Waals surface area contributed by atoms with E-state index < -0.39 is 59.8 Å². The largest absolute Gasteiger partial charge is 0.480 e. The number of benzene rings is 1. The van der Waals surface area contributed by atoms with E-state index in [2.05, 4.69) is 26.3 Å². The number of H-pyrrole nitrogens is 1. The van der Waals surface area contributed by atoms with E-state index >= 15 is 0 Å². The Morgan fingerprint density at radius 3 is 1.95 bits per heavy atom. The molecule has 2 rings (SSSR count). The van der Waals surface area contributed by atoms with E-state index in [0.29, 0.717) is 0 Å². The maximum Gasteiger partial charge on any atom is 0.325 e. The molecule has 0 spiro atoms. The first-order valence-electron chi connectivity index (χ1n) is 12.1. The molecule has 0 aliphatic heterocycles. The second kappa shape index (κ2) is 12.9. The summed E-state index contributed by atoms with van der Waals surface area (Å²) in [4.78, 5) is 64.9. The molecule has 0 unspecified atom stereocenters. The van der Waals surface area contributed by atoms with E-state index in [1.807, 2.05) is 24.3 Å². The number of aromatic amines is 1. The summed E-state index contributed by atoms with van der Waals surface area (Å²) in [6.07, 6.45) is 1.82. The molecule has 1 aromatic heterocycles. The number of nitrogens with two attached hydrogens (primary N) is 1. The van der Waals surface area contributed by atoms with Crippen LogP contribution in [-0.4, -0.2) is 69.9 Å². The quantitative estimate of drug-likeness (QED) is 0.202. The van der Waals surface area contributed by atoms with Gasteiger partial charge in [0.25, 0.3) is 0 Å². The van der Waals surface area contributed by atoms with Crippen LogP contribution in [0.1, 0.15) is 40.2 Å². The first-order valence-corrected chi connectivity index (χ1v) is 12.1. The molecule has 0 aliphatic rings. The maximum atomic E-state index is 13.2. The Kier molecular flexibility index (Phi) is 10.2. The summed E-state index contributed by atoms with van der Waals surface area (Å²) in [5, 5.41) is 19.9. The predicted molar refractivity (Wildman–Crippen MR) is 137 cm³/mol. The molecule has 1 heterocycles. The number of nitrogens with one attached hydrogen (secondary N) is 5. The van der Waals surface area contributed by atoms with E-state index in [9.17, 15) is 24.0 Å². The van der Waals surface area contributed by atoms with Crippen molar-refractivity contribution in [1.29, 1.82) is 0 Å². The van der Waals surface area contributed by atoms with Gasteiger partial charge >= 0.3 is 5.97 Å². The maximum absolute atomic E-state index is 13.2. The van der Waals surface area contributed by atoms with Crippen LogP contribution in [0.4, 0.5) is 0 Å². The Morgan fingerprint density at radius 1 is 0.811 bits per heavy atom. The molecule has 5 atom stereocenters. The number of rotatable bonds is 12. The zero-order valence-corrected chi connectivity index (χ0v) is 21.6. The third-order valence-corrected chi connectivity index (χ3v) is 5.99. The zero-order valence-electron chi connectivity index (χ0n) is 21.6. The van der Waals surface area contributed by atoms with Crippen LogP contribution >= 0.6 is 0 Å². The lowest BCUT2D eigenvalue weighted by atomic mass is 10.0. The molecule has 0 saturated heterocycles. The number of carbonyl (C=O) groups is 5.